The van der Waals surface area contributed by atoms with Crippen LogP contribution in [-0.2, 0) is 23.9 Å². The van der Waals surface area contributed by atoms with Crippen molar-refractivity contribution >= 4 is 33.7 Å². The van der Waals surface area contributed by atoms with Crippen LogP contribution in [0.1, 0.15) is 16.8 Å². The quantitative estimate of drug-likeness (QED) is 0.0871. The maximum absolute atomic E-state index is 13.4. The second kappa shape index (κ2) is 19.3. The largest absolute Gasteiger partial charge is 0.493 e. The Kier molecular flexibility index (Phi) is 13.0. The minimum absolute atomic E-state index is 0.103. The van der Waals surface area contributed by atoms with Gasteiger partial charge in [0.05, 0.1) is 26.4 Å². The summed E-state index contributed by atoms with van der Waals surface area (Å²) < 4.78 is 57.2. The average Bonchev–Trinajstić information content (AvgIpc) is 3.77. The summed E-state index contributed by atoms with van der Waals surface area (Å²) in [7, 11) is 1.17. The van der Waals surface area contributed by atoms with Crippen molar-refractivity contribution < 1.29 is 42.4 Å². The summed E-state index contributed by atoms with van der Waals surface area (Å²) in [5, 5.41) is 30.3. The Morgan fingerprint density at radius 2 is 1.65 bits per heavy atom. The number of benzene rings is 3. The van der Waals surface area contributed by atoms with E-state index in [4.69, 9.17) is 14.2 Å². The number of rotatable bonds is 13. The van der Waals surface area contributed by atoms with Crippen molar-refractivity contribution in [3.63, 3.8) is 0 Å². The summed E-state index contributed by atoms with van der Waals surface area (Å²) in [6.07, 6.45) is 1.34. The number of aliphatic hydroxyl groups is 2. The van der Waals surface area contributed by atoms with Gasteiger partial charge in [0.2, 0.25) is 11.8 Å². The molecule has 5 N–H and O–H groups in total. The molecule has 6 heterocycles. The number of hydrogen-bond acceptors (Lipinski definition) is 12. The molecular formula is C48H48F3N9O6. The number of nitrogens with zero attached hydrogens (tertiary/aromatic N) is 6. The van der Waals surface area contributed by atoms with E-state index >= 15 is 0 Å². The molecular weight excluding hydrogens is 856 g/mol. The number of fused-ring (bicyclic) bond motifs is 2. The highest BCUT2D eigenvalue weighted by Crippen LogP contribution is 2.37. The fourth-order valence-corrected chi connectivity index (χ4v) is 8.45. The van der Waals surface area contributed by atoms with Gasteiger partial charge in [0.25, 0.3) is 0 Å². The second-order valence-electron chi connectivity index (χ2n) is 16.3. The van der Waals surface area contributed by atoms with E-state index in [1.807, 2.05) is 36.9 Å². The smallest absolute Gasteiger partial charge is 0.433 e. The molecule has 0 saturated carbocycles. The summed E-state index contributed by atoms with van der Waals surface area (Å²) in [5.74, 6) is -0.0210. The molecule has 2 aliphatic heterocycles. The number of amides is 2. The number of piperazine rings is 1. The first-order valence-corrected chi connectivity index (χ1v) is 21.6. The summed E-state index contributed by atoms with van der Waals surface area (Å²) in [6.45, 7) is 2.93. The Morgan fingerprint density at radius 3 is 2.44 bits per heavy atom. The number of anilines is 1. The van der Waals surface area contributed by atoms with Crippen LogP contribution in [0.25, 0.3) is 43.9 Å². The molecule has 7 aromatic rings. The van der Waals surface area contributed by atoms with Crippen LogP contribution in [0.4, 0.5) is 23.9 Å². The van der Waals surface area contributed by atoms with Crippen LogP contribution in [0.5, 0.6) is 11.6 Å². The number of H-pyrrole nitrogens is 1. The van der Waals surface area contributed by atoms with E-state index in [2.05, 4.69) is 101 Å². The van der Waals surface area contributed by atoms with Gasteiger partial charge in [0, 0.05) is 110 Å². The van der Waals surface area contributed by atoms with E-state index in [1.54, 1.807) is 11.1 Å². The number of urea groups is 1. The molecule has 0 spiro atoms. The Hall–Kier alpha value is -6.86. The fraction of sp³-hybridized carbons (Fsp3) is 0.312. The molecule has 0 aliphatic carbocycles. The van der Waals surface area contributed by atoms with Crippen molar-refractivity contribution in [1.29, 1.82) is 0 Å². The normalized spacial score (nSPS) is 19.2. The van der Waals surface area contributed by atoms with Crippen LogP contribution in [0.2, 0.25) is 0 Å². The number of nitrogens with one attached hydrogen (secondary N) is 3. The summed E-state index contributed by atoms with van der Waals surface area (Å²) in [6, 6.07) is 24.4. The SMILES string of the molecule is COc1cc(C(F)(F)F)nc(N[C@H]2CO[C@H](CNC(=O)N3CCN(Cc4ccc(-c5c[nH]c6ccncc56)c(OCCc5ccc(-c6cccc7ccncc67)cc5)c4)CC3)[C@H](O)[C@@H]2O)n1. The Balaban J connectivity index is 0.789. The number of carbonyl (C=O) groups excluding carboxylic acids is 1. The number of aromatic nitrogens is 5. The van der Waals surface area contributed by atoms with E-state index in [-0.39, 0.29) is 25.1 Å². The third-order valence-electron chi connectivity index (χ3n) is 12.1. The topological polar surface area (TPSA) is 183 Å². The van der Waals surface area contributed by atoms with E-state index in [0.717, 1.165) is 60.8 Å². The molecule has 0 radical (unpaired) electrons. The maximum atomic E-state index is 13.4. The predicted octanol–water partition coefficient (Wildman–Crippen LogP) is 6.31. The van der Waals surface area contributed by atoms with Crippen LogP contribution < -0.4 is 20.1 Å². The Morgan fingerprint density at radius 1 is 0.879 bits per heavy atom. The van der Waals surface area contributed by atoms with E-state index in [9.17, 15) is 28.2 Å². The van der Waals surface area contributed by atoms with Crippen molar-refractivity contribution in [3.05, 3.63) is 127 Å². The van der Waals surface area contributed by atoms with E-state index in [0.29, 0.717) is 51.8 Å². The Labute approximate surface area is 377 Å². The molecule has 0 unspecified atom stereocenters. The van der Waals surface area contributed by atoms with Crippen LogP contribution in [0.3, 0.4) is 0 Å². The van der Waals surface area contributed by atoms with Crippen LogP contribution in [0, 0.1) is 0 Å². The van der Waals surface area contributed by atoms with Crippen molar-refractivity contribution in [2.24, 2.45) is 0 Å². The number of halogens is 3. The zero-order valence-corrected chi connectivity index (χ0v) is 35.9. The summed E-state index contributed by atoms with van der Waals surface area (Å²) >= 11 is 0. The lowest BCUT2D eigenvalue weighted by Gasteiger charge is -2.39. The molecule has 2 amide bonds. The zero-order valence-electron chi connectivity index (χ0n) is 35.9. The van der Waals surface area contributed by atoms with Crippen molar-refractivity contribution in [1.82, 2.24) is 40.0 Å². The van der Waals surface area contributed by atoms with E-state index < -0.39 is 42.2 Å². The molecule has 4 aromatic heterocycles. The second-order valence-corrected chi connectivity index (χ2v) is 16.3. The lowest BCUT2D eigenvalue weighted by Crippen LogP contribution is -2.59. The molecule has 2 saturated heterocycles. The lowest BCUT2D eigenvalue weighted by molar-refractivity contribution is -0.141. The highest BCUT2D eigenvalue weighted by atomic mass is 19.4. The molecule has 2 aliphatic rings. The van der Waals surface area contributed by atoms with Crippen molar-refractivity contribution in [2.75, 3.05) is 58.4 Å². The first-order chi connectivity index (χ1) is 32.0. The van der Waals surface area contributed by atoms with Gasteiger partial charge in [-0.15, -0.1) is 0 Å². The highest BCUT2D eigenvalue weighted by molar-refractivity contribution is 5.97. The number of aromatic amines is 1. The number of carbonyl (C=O) groups is 1. The molecule has 3 aromatic carbocycles. The van der Waals surface area contributed by atoms with Gasteiger partial charge in [0.1, 0.15) is 24.1 Å². The first kappa shape index (κ1) is 44.3. The van der Waals surface area contributed by atoms with Crippen LogP contribution in [-0.4, -0.2) is 128 Å². The minimum Gasteiger partial charge on any atom is -0.493 e. The maximum Gasteiger partial charge on any atom is 0.433 e. The minimum atomic E-state index is -4.76. The van der Waals surface area contributed by atoms with Gasteiger partial charge < -0.3 is 44.9 Å². The fourth-order valence-electron chi connectivity index (χ4n) is 8.45. The Bertz CT molecular complexity index is 2800. The molecule has 0 bridgehead atoms. The summed E-state index contributed by atoms with van der Waals surface area (Å²) in [5.41, 5.74) is 6.18. The molecule has 15 nitrogen and oxygen atoms in total. The molecule has 9 rings (SSSR count). The number of aliphatic hydroxyl groups excluding tert-OH is 2. The molecule has 66 heavy (non-hydrogen) atoms. The van der Waals surface area contributed by atoms with Gasteiger partial charge in [-0.25, -0.2) is 9.78 Å². The average molecular weight is 904 g/mol. The van der Waals surface area contributed by atoms with Gasteiger partial charge in [0.15, 0.2) is 5.69 Å². The third-order valence-corrected chi connectivity index (χ3v) is 12.1. The van der Waals surface area contributed by atoms with Crippen LogP contribution >= 0.6 is 0 Å². The van der Waals surface area contributed by atoms with Gasteiger partial charge >= 0.3 is 12.2 Å². The van der Waals surface area contributed by atoms with Crippen molar-refractivity contribution in [2.45, 2.75) is 43.5 Å². The number of ether oxygens (including phenoxy) is 3. The van der Waals surface area contributed by atoms with Crippen molar-refractivity contribution in [3.8, 4) is 33.9 Å². The number of methoxy groups -OCH3 is 1. The molecule has 18 heteroatoms. The van der Waals surface area contributed by atoms with Gasteiger partial charge in [-0.2, -0.15) is 18.2 Å². The lowest BCUT2D eigenvalue weighted by atomic mass is 9.98. The van der Waals surface area contributed by atoms with Gasteiger partial charge in [-0.1, -0.05) is 54.6 Å². The van der Waals surface area contributed by atoms with Gasteiger partial charge in [-0.3, -0.25) is 14.9 Å². The van der Waals surface area contributed by atoms with E-state index in [1.165, 1.54) is 7.11 Å². The number of alkyl halides is 3. The first-order valence-electron chi connectivity index (χ1n) is 21.6. The third kappa shape index (κ3) is 9.86. The zero-order chi connectivity index (χ0) is 45.8. The molecule has 4 atom stereocenters. The predicted molar refractivity (Wildman–Crippen MR) is 241 cm³/mol. The number of hydrogen-bond donors (Lipinski definition) is 5. The molecule has 2 fully saturated rings. The van der Waals surface area contributed by atoms with Crippen LogP contribution in [0.15, 0.2) is 110 Å². The number of pyridine rings is 2. The summed E-state index contributed by atoms with van der Waals surface area (Å²) in [4.78, 5) is 36.6. The molecule has 342 valence electrons. The van der Waals surface area contributed by atoms with Gasteiger partial charge in [-0.05, 0) is 45.8 Å². The standard InChI is InChI=1S/C48H48F3N9O6/c1-64-43-22-42(48(49,50)51)57-46(58-43)56-39-28-66-41(45(62)44(39)61)26-55-47(63)60-18-16-59(17-19-60)27-30-7-10-34(36-25-54-38-12-15-53-24-37(36)38)40(21-30)65-20-13-29-5-8-32(9-6-29)33-4-2-3-31-11-14-52-23-35(31)33/h2-12,14-15,21-25,39,41,44-45,54,61-62H,13,16-20,26-28H2,1H3,(H,55,63)(H,56,57,58)/t39-,41+,44+,45-/m0/s1. The monoisotopic (exact) mass is 903 g/mol. The highest BCUT2D eigenvalue weighted by Gasteiger charge is 2.40.